The standard InChI is InChI=1S/C19H28N2O4/c1-24-17-4-2-3-14(9-17)10-19(23)20-18-12-21(11-15(18)13-22)16-5-7-25-8-6-16/h2-4,9,15-16,18,22H,5-8,10-13H2,1H3,(H,20,23)/t15-,18+/m0/s1. The molecule has 0 spiro atoms. The van der Waals surface area contributed by atoms with Gasteiger partial charge in [-0.05, 0) is 30.5 Å². The van der Waals surface area contributed by atoms with Gasteiger partial charge in [-0.15, -0.1) is 0 Å². The normalized spacial score (nSPS) is 25.0. The lowest BCUT2D eigenvalue weighted by Gasteiger charge is -2.31. The first kappa shape index (κ1) is 18.2. The van der Waals surface area contributed by atoms with Gasteiger partial charge in [-0.1, -0.05) is 12.1 Å². The molecule has 6 heteroatoms. The molecule has 0 aromatic heterocycles. The molecule has 2 aliphatic heterocycles. The van der Waals surface area contributed by atoms with Crippen molar-refractivity contribution in [3.63, 3.8) is 0 Å². The molecule has 0 unspecified atom stereocenters. The van der Waals surface area contributed by atoms with Gasteiger partial charge in [-0.25, -0.2) is 0 Å². The number of benzene rings is 1. The van der Waals surface area contributed by atoms with Crippen molar-refractivity contribution in [2.45, 2.75) is 31.3 Å². The Bertz CT molecular complexity index is 574. The van der Waals surface area contributed by atoms with Crippen LogP contribution < -0.4 is 10.1 Å². The Hall–Kier alpha value is -1.63. The minimum atomic E-state index is -0.00877. The number of hydrogen-bond acceptors (Lipinski definition) is 5. The van der Waals surface area contributed by atoms with E-state index in [1.807, 2.05) is 24.3 Å². The summed E-state index contributed by atoms with van der Waals surface area (Å²) in [4.78, 5) is 14.8. The number of hydrogen-bond donors (Lipinski definition) is 2. The maximum atomic E-state index is 12.4. The highest BCUT2D eigenvalue weighted by molar-refractivity contribution is 5.79. The summed E-state index contributed by atoms with van der Waals surface area (Å²) in [6.45, 7) is 3.35. The van der Waals surface area contributed by atoms with Crippen molar-refractivity contribution in [1.29, 1.82) is 0 Å². The molecule has 6 nitrogen and oxygen atoms in total. The number of nitrogens with one attached hydrogen (secondary N) is 1. The van der Waals surface area contributed by atoms with Crippen molar-refractivity contribution in [3.05, 3.63) is 29.8 Å². The molecule has 1 amide bonds. The molecule has 2 fully saturated rings. The molecule has 2 saturated heterocycles. The summed E-state index contributed by atoms with van der Waals surface area (Å²) in [5.74, 6) is 0.840. The molecule has 2 aliphatic rings. The predicted molar refractivity (Wildman–Crippen MR) is 94.6 cm³/mol. The average molecular weight is 348 g/mol. The zero-order valence-electron chi connectivity index (χ0n) is 14.8. The van der Waals surface area contributed by atoms with Gasteiger partial charge in [0, 0.05) is 50.9 Å². The molecule has 0 radical (unpaired) electrons. The fraction of sp³-hybridized carbons (Fsp3) is 0.632. The Kier molecular flexibility index (Phi) is 6.29. The third-order valence-corrected chi connectivity index (χ3v) is 5.26. The molecule has 0 aliphatic carbocycles. The molecule has 138 valence electrons. The molecule has 25 heavy (non-hydrogen) atoms. The van der Waals surface area contributed by atoms with Crippen LogP contribution in [0.25, 0.3) is 0 Å². The van der Waals surface area contributed by atoms with Crippen LogP contribution in [0.3, 0.4) is 0 Å². The van der Waals surface area contributed by atoms with Gasteiger partial charge >= 0.3 is 0 Å². The zero-order valence-corrected chi connectivity index (χ0v) is 14.8. The number of carbonyl (C=O) groups is 1. The van der Waals surface area contributed by atoms with E-state index in [-0.39, 0.29) is 24.5 Å². The second kappa shape index (κ2) is 8.65. The SMILES string of the molecule is COc1cccc(CC(=O)N[C@@H]2CN(C3CCOCC3)C[C@H]2CO)c1. The quantitative estimate of drug-likeness (QED) is 0.797. The minimum Gasteiger partial charge on any atom is -0.497 e. The summed E-state index contributed by atoms with van der Waals surface area (Å²) < 4.78 is 10.6. The van der Waals surface area contributed by atoms with Gasteiger partial charge in [0.2, 0.25) is 5.91 Å². The molecule has 1 aromatic carbocycles. The smallest absolute Gasteiger partial charge is 0.224 e. The summed E-state index contributed by atoms with van der Waals surface area (Å²) in [7, 11) is 1.62. The summed E-state index contributed by atoms with van der Waals surface area (Å²) in [5.41, 5.74) is 0.927. The van der Waals surface area contributed by atoms with Gasteiger partial charge in [0.25, 0.3) is 0 Å². The monoisotopic (exact) mass is 348 g/mol. The Morgan fingerprint density at radius 3 is 2.88 bits per heavy atom. The Morgan fingerprint density at radius 2 is 2.16 bits per heavy atom. The molecule has 2 heterocycles. The van der Waals surface area contributed by atoms with Crippen molar-refractivity contribution in [3.8, 4) is 5.75 Å². The average Bonchev–Trinajstić information content (AvgIpc) is 3.05. The first-order chi connectivity index (χ1) is 12.2. The molecular weight excluding hydrogens is 320 g/mol. The van der Waals surface area contributed by atoms with Crippen LogP contribution in [0.1, 0.15) is 18.4 Å². The van der Waals surface area contributed by atoms with E-state index in [1.165, 1.54) is 0 Å². The van der Waals surface area contributed by atoms with Gasteiger partial charge < -0.3 is 19.9 Å². The Labute approximate surface area is 149 Å². The summed E-state index contributed by atoms with van der Waals surface area (Å²) in [6, 6.07) is 8.07. The lowest BCUT2D eigenvalue weighted by atomic mass is 10.0. The lowest BCUT2D eigenvalue weighted by Crippen LogP contribution is -2.43. The van der Waals surface area contributed by atoms with E-state index >= 15 is 0 Å². The van der Waals surface area contributed by atoms with Crippen LogP contribution in [0.5, 0.6) is 5.75 Å². The van der Waals surface area contributed by atoms with Crippen molar-refractivity contribution >= 4 is 5.91 Å². The summed E-state index contributed by atoms with van der Waals surface area (Å²) in [6.07, 6.45) is 2.38. The number of aliphatic hydroxyl groups excluding tert-OH is 1. The van der Waals surface area contributed by atoms with Crippen molar-refractivity contribution in [2.75, 3.05) is 40.0 Å². The van der Waals surface area contributed by atoms with Crippen LogP contribution in [0.2, 0.25) is 0 Å². The molecule has 1 aromatic rings. The highest BCUT2D eigenvalue weighted by atomic mass is 16.5. The molecule has 2 atom stereocenters. The minimum absolute atomic E-state index is 0.00551. The van der Waals surface area contributed by atoms with Gasteiger partial charge in [-0.2, -0.15) is 0 Å². The lowest BCUT2D eigenvalue weighted by molar-refractivity contribution is -0.121. The fourth-order valence-corrected chi connectivity index (χ4v) is 3.83. The number of likely N-dealkylation sites (tertiary alicyclic amines) is 1. The number of methoxy groups -OCH3 is 1. The van der Waals surface area contributed by atoms with Gasteiger partial charge in [0.15, 0.2) is 0 Å². The largest absolute Gasteiger partial charge is 0.497 e. The molecule has 0 bridgehead atoms. The van der Waals surface area contributed by atoms with Crippen LogP contribution in [0.15, 0.2) is 24.3 Å². The third kappa shape index (κ3) is 4.71. The van der Waals surface area contributed by atoms with Crippen LogP contribution in [-0.2, 0) is 16.0 Å². The zero-order chi connectivity index (χ0) is 17.6. The maximum Gasteiger partial charge on any atom is 0.224 e. The second-order valence-corrected chi connectivity index (χ2v) is 6.94. The van der Waals surface area contributed by atoms with E-state index in [9.17, 15) is 9.90 Å². The van der Waals surface area contributed by atoms with Gasteiger partial charge in [-0.3, -0.25) is 9.69 Å². The third-order valence-electron chi connectivity index (χ3n) is 5.26. The number of rotatable bonds is 6. The Morgan fingerprint density at radius 1 is 1.36 bits per heavy atom. The van der Waals surface area contributed by atoms with Crippen LogP contribution >= 0.6 is 0 Å². The first-order valence-corrected chi connectivity index (χ1v) is 9.04. The van der Waals surface area contributed by atoms with Crippen LogP contribution in [0.4, 0.5) is 0 Å². The highest BCUT2D eigenvalue weighted by Gasteiger charge is 2.36. The number of amides is 1. The molecule has 3 rings (SSSR count). The van der Waals surface area contributed by atoms with Crippen LogP contribution in [0, 0.1) is 5.92 Å². The van der Waals surface area contributed by atoms with Crippen molar-refractivity contribution in [1.82, 2.24) is 10.2 Å². The van der Waals surface area contributed by atoms with Gasteiger partial charge in [0.1, 0.15) is 5.75 Å². The molecule has 0 saturated carbocycles. The number of carbonyl (C=O) groups excluding carboxylic acids is 1. The Balaban J connectivity index is 1.55. The number of ether oxygens (including phenoxy) is 2. The van der Waals surface area contributed by atoms with Crippen molar-refractivity contribution < 1.29 is 19.4 Å². The fourth-order valence-electron chi connectivity index (χ4n) is 3.83. The predicted octanol–water partition coefficient (Wildman–Crippen LogP) is 0.826. The second-order valence-electron chi connectivity index (χ2n) is 6.94. The highest BCUT2D eigenvalue weighted by Crippen LogP contribution is 2.24. The van der Waals surface area contributed by atoms with E-state index in [1.54, 1.807) is 7.11 Å². The molecule has 2 N–H and O–H groups in total. The van der Waals surface area contributed by atoms with Crippen molar-refractivity contribution in [2.24, 2.45) is 5.92 Å². The first-order valence-electron chi connectivity index (χ1n) is 9.04. The van der Waals surface area contributed by atoms with E-state index in [2.05, 4.69) is 10.2 Å². The summed E-state index contributed by atoms with van der Waals surface area (Å²) in [5, 5.41) is 12.8. The molecular formula is C19H28N2O4. The van der Waals surface area contributed by atoms with Crippen LogP contribution in [-0.4, -0.2) is 68.0 Å². The number of nitrogens with zero attached hydrogens (tertiary/aromatic N) is 1. The van der Waals surface area contributed by atoms with E-state index in [0.29, 0.717) is 12.5 Å². The van der Waals surface area contributed by atoms with E-state index in [0.717, 1.165) is 50.5 Å². The summed E-state index contributed by atoms with van der Waals surface area (Å²) >= 11 is 0. The van der Waals surface area contributed by atoms with E-state index < -0.39 is 0 Å². The maximum absolute atomic E-state index is 12.4. The van der Waals surface area contributed by atoms with E-state index in [4.69, 9.17) is 9.47 Å². The van der Waals surface area contributed by atoms with Gasteiger partial charge in [0.05, 0.1) is 13.5 Å². The topological polar surface area (TPSA) is 71.0 Å². The number of aliphatic hydroxyl groups is 1.